The molecular weight excluding hydrogens is 472 g/mol. The van der Waals surface area contributed by atoms with Crippen LogP contribution in [0, 0.1) is 12.8 Å². The molecule has 8 nitrogen and oxygen atoms in total. The Morgan fingerprint density at radius 1 is 1.19 bits per heavy atom. The maximum absolute atomic E-state index is 10.6. The number of hydrogen-bond acceptors (Lipinski definition) is 7. The van der Waals surface area contributed by atoms with Crippen LogP contribution in [0.1, 0.15) is 17.1 Å². The summed E-state index contributed by atoms with van der Waals surface area (Å²) in [5, 5.41) is 21.2. The number of thiazole rings is 1. The van der Waals surface area contributed by atoms with E-state index >= 15 is 0 Å². The molecule has 0 aliphatic carbocycles. The van der Waals surface area contributed by atoms with Crippen LogP contribution in [0.5, 0.6) is 0 Å². The van der Waals surface area contributed by atoms with Crippen molar-refractivity contribution in [1.29, 1.82) is 0 Å². The molecular formula is C17H23F6N3O5S. The maximum atomic E-state index is 10.6. The van der Waals surface area contributed by atoms with E-state index in [2.05, 4.69) is 27.5 Å². The summed E-state index contributed by atoms with van der Waals surface area (Å²) in [5.41, 5.74) is 1.21. The van der Waals surface area contributed by atoms with E-state index in [1.165, 1.54) is 5.69 Å². The lowest BCUT2D eigenvalue weighted by Gasteiger charge is -2.32. The van der Waals surface area contributed by atoms with E-state index in [9.17, 15) is 26.3 Å². The van der Waals surface area contributed by atoms with Crippen LogP contribution in [0.2, 0.25) is 0 Å². The lowest BCUT2D eigenvalue weighted by Crippen LogP contribution is -2.48. The zero-order valence-electron chi connectivity index (χ0n) is 17.0. The van der Waals surface area contributed by atoms with Gasteiger partial charge in [0.2, 0.25) is 0 Å². The lowest BCUT2D eigenvalue weighted by atomic mass is 9.91. The predicted octanol–water partition coefficient (Wildman–Crippen LogP) is 2.53. The molecule has 3 rings (SSSR count). The van der Waals surface area contributed by atoms with Crippen LogP contribution in [0.25, 0.3) is 0 Å². The molecule has 3 N–H and O–H groups in total. The quantitative estimate of drug-likeness (QED) is 0.549. The van der Waals surface area contributed by atoms with E-state index in [1.54, 1.807) is 11.3 Å². The summed E-state index contributed by atoms with van der Waals surface area (Å²) in [7, 11) is 1.85. The fourth-order valence-corrected chi connectivity index (χ4v) is 3.87. The van der Waals surface area contributed by atoms with Crippen molar-refractivity contribution < 1.29 is 50.9 Å². The largest absolute Gasteiger partial charge is 0.490 e. The second kappa shape index (κ2) is 11.8. The number of aliphatic carboxylic acids is 2. The third-order valence-electron chi connectivity index (χ3n) is 4.59. The third kappa shape index (κ3) is 9.26. The van der Waals surface area contributed by atoms with Crippen molar-refractivity contribution in [3.05, 3.63) is 16.1 Å². The Kier molecular flexibility index (Phi) is 10.3. The number of ether oxygens (including phenoxy) is 1. The molecule has 2 fully saturated rings. The number of rotatable bonds is 3. The van der Waals surface area contributed by atoms with Gasteiger partial charge in [-0.25, -0.2) is 14.6 Å². The number of methoxy groups -OCH3 is 1. The lowest BCUT2D eigenvalue weighted by molar-refractivity contribution is -0.193. The van der Waals surface area contributed by atoms with Crippen molar-refractivity contribution in [1.82, 2.24) is 15.2 Å². The fourth-order valence-electron chi connectivity index (χ4n) is 3.26. The van der Waals surface area contributed by atoms with E-state index in [1.807, 2.05) is 7.11 Å². The predicted molar refractivity (Wildman–Crippen MR) is 100 cm³/mol. The number of nitrogens with zero attached hydrogens (tertiary/aromatic N) is 2. The number of aryl methyl sites for hydroxylation is 1. The minimum atomic E-state index is -5.08. The number of aromatic nitrogens is 1. The molecule has 1 aromatic rings. The molecule has 0 amide bonds. The van der Waals surface area contributed by atoms with Crippen LogP contribution < -0.4 is 5.32 Å². The molecule has 0 spiro atoms. The first-order valence-electron chi connectivity index (χ1n) is 9.14. The molecule has 15 heteroatoms. The summed E-state index contributed by atoms with van der Waals surface area (Å²) < 4.78 is 69.1. The van der Waals surface area contributed by atoms with Crippen LogP contribution in [0.15, 0.2) is 5.38 Å². The Morgan fingerprint density at radius 3 is 2.12 bits per heavy atom. The molecule has 3 atom stereocenters. The van der Waals surface area contributed by atoms with Crippen molar-refractivity contribution in [3.63, 3.8) is 0 Å². The van der Waals surface area contributed by atoms with Crippen molar-refractivity contribution in [2.24, 2.45) is 5.92 Å². The van der Waals surface area contributed by atoms with E-state index in [0.29, 0.717) is 18.1 Å². The van der Waals surface area contributed by atoms with Crippen molar-refractivity contribution in [2.75, 3.05) is 26.7 Å². The monoisotopic (exact) mass is 495 g/mol. The van der Waals surface area contributed by atoms with E-state index in [-0.39, 0.29) is 0 Å². The average molecular weight is 495 g/mol. The van der Waals surface area contributed by atoms with Gasteiger partial charge in [0.15, 0.2) is 0 Å². The molecule has 0 bridgehead atoms. The summed E-state index contributed by atoms with van der Waals surface area (Å²) >= 11 is 1.74. The summed E-state index contributed by atoms with van der Waals surface area (Å²) in [5.74, 6) is -4.87. The molecule has 2 aliphatic heterocycles. The minimum Gasteiger partial charge on any atom is -0.475 e. The van der Waals surface area contributed by atoms with Gasteiger partial charge in [-0.15, -0.1) is 11.3 Å². The Hall–Kier alpha value is -1.97. The molecule has 184 valence electrons. The van der Waals surface area contributed by atoms with E-state index < -0.39 is 24.3 Å². The first kappa shape index (κ1) is 28.1. The summed E-state index contributed by atoms with van der Waals surface area (Å²) in [4.78, 5) is 24.9. The van der Waals surface area contributed by atoms with Gasteiger partial charge >= 0.3 is 24.3 Å². The van der Waals surface area contributed by atoms with Gasteiger partial charge in [0.25, 0.3) is 0 Å². The van der Waals surface area contributed by atoms with Crippen LogP contribution >= 0.6 is 11.3 Å². The maximum Gasteiger partial charge on any atom is 0.490 e. The second-order valence-electron chi connectivity index (χ2n) is 6.95. The molecule has 0 aromatic carbocycles. The van der Waals surface area contributed by atoms with Crippen LogP contribution in [-0.2, 0) is 20.9 Å². The third-order valence-corrected chi connectivity index (χ3v) is 5.42. The van der Waals surface area contributed by atoms with E-state index in [4.69, 9.17) is 24.5 Å². The van der Waals surface area contributed by atoms with Crippen molar-refractivity contribution >= 4 is 23.3 Å². The highest BCUT2D eigenvalue weighted by molar-refractivity contribution is 7.09. The molecule has 0 unspecified atom stereocenters. The molecule has 1 aromatic heterocycles. The molecule has 0 radical (unpaired) electrons. The molecule has 2 saturated heterocycles. The highest BCUT2D eigenvalue weighted by Gasteiger charge is 2.40. The van der Waals surface area contributed by atoms with Gasteiger partial charge in [0.05, 0.1) is 16.8 Å². The van der Waals surface area contributed by atoms with Gasteiger partial charge in [0.1, 0.15) is 0 Å². The number of carboxylic acid groups (broad SMARTS) is 2. The van der Waals surface area contributed by atoms with E-state index in [0.717, 1.165) is 37.6 Å². The number of hydrogen-bond donors (Lipinski definition) is 3. The van der Waals surface area contributed by atoms with Gasteiger partial charge < -0.3 is 20.3 Å². The Bertz CT molecular complexity index is 734. The molecule has 32 heavy (non-hydrogen) atoms. The molecule has 2 aliphatic rings. The Labute approximate surface area is 183 Å². The number of likely N-dealkylation sites (tertiary alicyclic amines) is 1. The summed E-state index contributed by atoms with van der Waals surface area (Å²) in [6.07, 6.45) is -8.60. The number of nitrogens with one attached hydrogen (secondary N) is 1. The van der Waals surface area contributed by atoms with Gasteiger partial charge in [-0.3, -0.25) is 4.90 Å². The topological polar surface area (TPSA) is 112 Å². The SMILES string of the molecule is CO[C@H]1CCN[C@@H]2CN(Cc3csc(C)n3)C[C@H]12.O=C(O)C(F)(F)F.O=C(O)C(F)(F)F. The van der Waals surface area contributed by atoms with Gasteiger partial charge in [-0.05, 0) is 19.9 Å². The standard InChI is InChI=1S/C13H21N3OS.2C2HF3O2/c1-9-15-10(8-18-9)5-16-6-11-12(7-16)14-4-3-13(11)17-2;2*3-2(4,5)1(6)7/h8,11-14H,3-7H2,1-2H3;2*(H,6,7)/t11-,12+,13-;;/m0../s1. The van der Waals surface area contributed by atoms with Gasteiger partial charge in [0, 0.05) is 44.1 Å². The van der Waals surface area contributed by atoms with Crippen molar-refractivity contribution in [3.8, 4) is 0 Å². The number of alkyl halides is 6. The smallest absolute Gasteiger partial charge is 0.475 e. The molecule has 3 heterocycles. The fraction of sp³-hybridized carbons (Fsp3) is 0.706. The Balaban J connectivity index is 0.000000305. The number of halogens is 6. The summed E-state index contributed by atoms with van der Waals surface area (Å²) in [6.45, 7) is 6.40. The number of carboxylic acids is 2. The van der Waals surface area contributed by atoms with Gasteiger partial charge in [-0.2, -0.15) is 26.3 Å². The van der Waals surface area contributed by atoms with Crippen LogP contribution in [0.3, 0.4) is 0 Å². The van der Waals surface area contributed by atoms with Crippen LogP contribution in [0.4, 0.5) is 26.3 Å². The first-order valence-corrected chi connectivity index (χ1v) is 10.0. The average Bonchev–Trinajstić information content (AvgIpc) is 3.26. The summed E-state index contributed by atoms with van der Waals surface area (Å²) in [6, 6.07) is 0.600. The number of carbonyl (C=O) groups is 2. The molecule has 0 saturated carbocycles. The number of piperidine rings is 1. The first-order chi connectivity index (χ1) is 14.6. The zero-order chi connectivity index (χ0) is 24.7. The Morgan fingerprint density at radius 2 is 1.72 bits per heavy atom. The zero-order valence-corrected chi connectivity index (χ0v) is 17.9. The van der Waals surface area contributed by atoms with Crippen molar-refractivity contribution in [2.45, 2.75) is 44.4 Å². The highest BCUT2D eigenvalue weighted by atomic mass is 32.1. The second-order valence-corrected chi connectivity index (χ2v) is 8.01. The van der Waals surface area contributed by atoms with Gasteiger partial charge in [-0.1, -0.05) is 0 Å². The normalized spacial score (nSPS) is 23.3. The number of fused-ring (bicyclic) bond motifs is 1. The van der Waals surface area contributed by atoms with Crippen LogP contribution in [-0.4, -0.2) is 83.3 Å². The highest BCUT2D eigenvalue weighted by Crippen LogP contribution is 2.28. The minimum absolute atomic E-state index is 0.429.